The summed E-state index contributed by atoms with van der Waals surface area (Å²) in [7, 11) is 0. The van der Waals surface area contributed by atoms with Crippen molar-refractivity contribution in [1.82, 2.24) is 10.2 Å². The monoisotopic (exact) mass is 354 g/mol. The molecule has 2 aliphatic rings. The van der Waals surface area contributed by atoms with Gasteiger partial charge in [-0.3, -0.25) is 9.69 Å². The van der Waals surface area contributed by atoms with Crippen LogP contribution in [0.15, 0.2) is 42.5 Å². The number of ether oxygens (including phenoxy) is 2. The third kappa shape index (κ3) is 3.52. The Morgan fingerprint density at radius 3 is 2.88 bits per heavy atom. The minimum atomic E-state index is -0.627. The molecule has 0 bridgehead atoms. The topological polar surface area (TPSA) is 71.0 Å². The van der Waals surface area contributed by atoms with E-state index in [1.165, 1.54) is 11.1 Å². The number of carbonyl (C=O) groups excluding carboxylic acids is 1. The molecule has 0 aliphatic carbocycles. The van der Waals surface area contributed by atoms with E-state index in [-0.39, 0.29) is 19.2 Å². The number of nitrogens with one attached hydrogen (secondary N) is 1. The maximum absolute atomic E-state index is 12.4. The number of para-hydroxylation sites is 1. The van der Waals surface area contributed by atoms with E-state index >= 15 is 0 Å². The second-order valence-electron chi connectivity index (χ2n) is 6.66. The zero-order valence-corrected chi connectivity index (χ0v) is 14.5. The number of hydrogen-bond acceptors (Lipinski definition) is 5. The van der Waals surface area contributed by atoms with Crippen molar-refractivity contribution >= 4 is 5.91 Å². The summed E-state index contributed by atoms with van der Waals surface area (Å²) >= 11 is 0. The number of rotatable bonds is 5. The lowest BCUT2D eigenvalue weighted by atomic mass is 10.00. The molecule has 1 amide bonds. The fourth-order valence-electron chi connectivity index (χ4n) is 3.49. The van der Waals surface area contributed by atoms with Crippen LogP contribution in [0.2, 0.25) is 0 Å². The molecule has 2 heterocycles. The zero-order chi connectivity index (χ0) is 17.9. The van der Waals surface area contributed by atoms with Gasteiger partial charge in [-0.15, -0.1) is 0 Å². The highest BCUT2D eigenvalue weighted by molar-refractivity contribution is 5.97. The van der Waals surface area contributed by atoms with Gasteiger partial charge in [-0.25, -0.2) is 0 Å². The molecule has 6 nitrogen and oxygen atoms in total. The van der Waals surface area contributed by atoms with Crippen LogP contribution in [0.3, 0.4) is 0 Å². The number of nitrogens with zero attached hydrogens (tertiary/aromatic N) is 1. The van der Waals surface area contributed by atoms with Crippen molar-refractivity contribution < 1.29 is 19.4 Å². The molecule has 2 aromatic rings. The standard InChI is InChI=1S/C20H22N2O4/c23-16(12-22-9-8-14-4-1-2-5-15(14)11-22)10-21-20(24)17-6-3-7-18-19(17)26-13-25-18/h1-7,16,23H,8-13H2,(H,21,24). The Morgan fingerprint density at radius 2 is 2.00 bits per heavy atom. The first-order chi connectivity index (χ1) is 12.7. The van der Waals surface area contributed by atoms with Gasteiger partial charge in [0.05, 0.1) is 11.7 Å². The highest BCUT2D eigenvalue weighted by Crippen LogP contribution is 2.35. The number of benzene rings is 2. The summed E-state index contributed by atoms with van der Waals surface area (Å²) in [5.74, 6) is 0.771. The number of amides is 1. The van der Waals surface area contributed by atoms with Gasteiger partial charge in [0.1, 0.15) is 0 Å². The Balaban J connectivity index is 1.30. The molecule has 1 atom stereocenters. The van der Waals surface area contributed by atoms with E-state index in [1.807, 2.05) is 6.07 Å². The van der Waals surface area contributed by atoms with Crippen LogP contribution >= 0.6 is 0 Å². The summed E-state index contributed by atoms with van der Waals surface area (Å²) in [6, 6.07) is 13.6. The van der Waals surface area contributed by atoms with Crippen molar-refractivity contribution in [2.45, 2.75) is 19.1 Å². The first-order valence-corrected chi connectivity index (χ1v) is 8.85. The Hall–Kier alpha value is -2.57. The van der Waals surface area contributed by atoms with Gasteiger partial charge in [0.15, 0.2) is 11.5 Å². The summed E-state index contributed by atoms with van der Waals surface area (Å²) in [6.45, 7) is 2.60. The van der Waals surface area contributed by atoms with Crippen LogP contribution < -0.4 is 14.8 Å². The third-order valence-electron chi connectivity index (χ3n) is 4.82. The van der Waals surface area contributed by atoms with Crippen molar-refractivity contribution in [1.29, 1.82) is 0 Å². The molecule has 2 N–H and O–H groups in total. The first kappa shape index (κ1) is 16.9. The molecule has 4 rings (SSSR count). The second kappa shape index (κ2) is 7.35. The number of carbonyl (C=O) groups is 1. The Morgan fingerprint density at radius 1 is 1.15 bits per heavy atom. The van der Waals surface area contributed by atoms with Crippen LogP contribution in [0.1, 0.15) is 21.5 Å². The highest BCUT2D eigenvalue weighted by Gasteiger charge is 2.23. The summed E-state index contributed by atoms with van der Waals surface area (Å²) in [4.78, 5) is 14.6. The van der Waals surface area contributed by atoms with Crippen molar-refractivity contribution in [2.75, 3.05) is 26.4 Å². The van der Waals surface area contributed by atoms with Crippen molar-refractivity contribution in [3.63, 3.8) is 0 Å². The van der Waals surface area contributed by atoms with Crippen LogP contribution in [-0.4, -0.2) is 48.4 Å². The van der Waals surface area contributed by atoms with E-state index in [0.717, 1.165) is 19.5 Å². The van der Waals surface area contributed by atoms with E-state index in [9.17, 15) is 9.90 Å². The summed E-state index contributed by atoms with van der Waals surface area (Å²) in [5.41, 5.74) is 3.12. The summed E-state index contributed by atoms with van der Waals surface area (Å²) < 4.78 is 10.6. The smallest absolute Gasteiger partial charge is 0.255 e. The average molecular weight is 354 g/mol. The van der Waals surface area contributed by atoms with Crippen LogP contribution in [0.25, 0.3) is 0 Å². The maximum Gasteiger partial charge on any atom is 0.255 e. The molecule has 0 fully saturated rings. The van der Waals surface area contributed by atoms with Gasteiger partial charge in [-0.2, -0.15) is 0 Å². The lowest BCUT2D eigenvalue weighted by molar-refractivity contribution is 0.0838. The summed E-state index contributed by atoms with van der Waals surface area (Å²) in [5, 5.41) is 13.1. The van der Waals surface area contributed by atoms with Gasteiger partial charge < -0.3 is 19.9 Å². The molecular formula is C20H22N2O4. The van der Waals surface area contributed by atoms with E-state index in [1.54, 1.807) is 18.2 Å². The Bertz CT molecular complexity index is 808. The van der Waals surface area contributed by atoms with E-state index in [2.05, 4.69) is 28.4 Å². The lowest BCUT2D eigenvalue weighted by Crippen LogP contribution is -2.42. The second-order valence-corrected chi connectivity index (χ2v) is 6.66. The fourth-order valence-corrected chi connectivity index (χ4v) is 3.49. The molecule has 26 heavy (non-hydrogen) atoms. The van der Waals surface area contributed by atoms with E-state index in [0.29, 0.717) is 23.6 Å². The van der Waals surface area contributed by atoms with Gasteiger partial charge in [0.2, 0.25) is 6.79 Å². The normalized spacial score (nSPS) is 16.8. The largest absolute Gasteiger partial charge is 0.454 e. The van der Waals surface area contributed by atoms with Crippen LogP contribution in [0, 0.1) is 0 Å². The number of β-amino-alcohol motifs (C(OH)–C–C–N with tert-alkyl or cyclic N) is 1. The molecule has 0 radical (unpaired) electrons. The number of fused-ring (bicyclic) bond motifs is 2. The Labute approximate surface area is 152 Å². The van der Waals surface area contributed by atoms with Crippen LogP contribution in [0.4, 0.5) is 0 Å². The van der Waals surface area contributed by atoms with Crippen molar-refractivity contribution in [3.8, 4) is 11.5 Å². The molecule has 0 saturated carbocycles. The number of hydrogen-bond donors (Lipinski definition) is 2. The van der Waals surface area contributed by atoms with Crippen molar-refractivity contribution in [2.24, 2.45) is 0 Å². The average Bonchev–Trinajstić information content (AvgIpc) is 3.15. The SMILES string of the molecule is O=C(NCC(O)CN1CCc2ccccc2C1)c1cccc2c1OCO2. The maximum atomic E-state index is 12.4. The fraction of sp³-hybridized carbons (Fsp3) is 0.350. The van der Waals surface area contributed by atoms with Crippen LogP contribution in [-0.2, 0) is 13.0 Å². The van der Waals surface area contributed by atoms with E-state index in [4.69, 9.17) is 9.47 Å². The molecule has 2 aliphatic heterocycles. The van der Waals surface area contributed by atoms with Crippen molar-refractivity contribution in [3.05, 3.63) is 59.2 Å². The molecule has 6 heteroatoms. The number of aliphatic hydroxyl groups is 1. The first-order valence-electron chi connectivity index (χ1n) is 8.85. The predicted octanol–water partition coefficient (Wildman–Crippen LogP) is 1.56. The molecule has 2 aromatic carbocycles. The van der Waals surface area contributed by atoms with Gasteiger partial charge in [0.25, 0.3) is 5.91 Å². The number of aliphatic hydroxyl groups excluding tert-OH is 1. The Kier molecular flexibility index (Phi) is 4.77. The molecule has 0 spiro atoms. The van der Waals surface area contributed by atoms with Gasteiger partial charge in [-0.05, 0) is 29.7 Å². The molecule has 1 unspecified atom stereocenters. The predicted molar refractivity (Wildman–Crippen MR) is 96.3 cm³/mol. The van der Waals surface area contributed by atoms with Gasteiger partial charge in [0, 0.05) is 26.2 Å². The molecule has 0 saturated heterocycles. The minimum Gasteiger partial charge on any atom is -0.454 e. The van der Waals surface area contributed by atoms with Gasteiger partial charge >= 0.3 is 0 Å². The minimum absolute atomic E-state index is 0.124. The molecule has 0 aromatic heterocycles. The van der Waals surface area contributed by atoms with Crippen LogP contribution in [0.5, 0.6) is 11.5 Å². The quantitative estimate of drug-likeness (QED) is 0.853. The summed E-state index contributed by atoms with van der Waals surface area (Å²) in [6.07, 6.45) is 0.362. The third-order valence-corrected chi connectivity index (χ3v) is 4.82. The van der Waals surface area contributed by atoms with E-state index < -0.39 is 6.10 Å². The van der Waals surface area contributed by atoms with Gasteiger partial charge in [-0.1, -0.05) is 30.3 Å². The zero-order valence-electron chi connectivity index (χ0n) is 14.5. The molecular weight excluding hydrogens is 332 g/mol. The molecule has 136 valence electrons. The highest BCUT2D eigenvalue weighted by atomic mass is 16.7. The lowest BCUT2D eigenvalue weighted by Gasteiger charge is -2.30.